The lowest BCUT2D eigenvalue weighted by Crippen LogP contribution is -2.48. The third-order valence-electron chi connectivity index (χ3n) is 5.43. The molecule has 18 heteroatoms. The lowest BCUT2D eigenvalue weighted by molar-refractivity contribution is -0.183. The maximum absolute atomic E-state index is 12.5. The van der Waals surface area contributed by atoms with Crippen LogP contribution in [0.15, 0.2) is 29.4 Å². The molecule has 0 aliphatic carbocycles. The second-order valence-corrected chi connectivity index (χ2v) is 8.89. The number of carbonyl (C=O) groups is 7. The van der Waals surface area contributed by atoms with Crippen LogP contribution < -0.4 is 5.43 Å². The molecule has 43 heavy (non-hydrogen) atoms. The van der Waals surface area contributed by atoms with E-state index in [0.717, 1.165) is 43.6 Å². The van der Waals surface area contributed by atoms with E-state index in [1.807, 2.05) is 0 Å². The summed E-state index contributed by atoms with van der Waals surface area (Å²) in [4.78, 5) is 85.8. The molecule has 0 saturated carbocycles. The van der Waals surface area contributed by atoms with E-state index in [1.165, 1.54) is 12.1 Å². The van der Waals surface area contributed by atoms with Gasteiger partial charge in [-0.05, 0) is 17.3 Å². The van der Waals surface area contributed by atoms with Crippen molar-refractivity contribution in [1.29, 1.82) is 0 Å². The Morgan fingerprint density at radius 2 is 1.51 bits per heavy atom. The van der Waals surface area contributed by atoms with Gasteiger partial charge in [-0.25, -0.2) is 5.43 Å². The van der Waals surface area contributed by atoms with Crippen molar-refractivity contribution in [3.63, 3.8) is 0 Å². The number of hydrogen-bond acceptors (Lipinski definition) is 15. The smallest absolute Gasteiger partial charge is 0.303 e. The van der Waals surface area contributed by atoms with Gasteiger partial charge in [-0.15, -0.1) is 10.2 Å². The van der Waals surface area contributed by atoms with Crippen LogP contribution in [0.5, 0.6) is 0 Å². The molecule has 1 aromatic heterocycles. The number of aromatic nitrogens is 4. The molecule has 1 aliphatic rings. The molecule has 0 radical (unpaired) electrons. The highest BCUT2D eigenvalue weighted by Crippen LogP contribution is 2.23. The van der Waals surface area contributed by atoms with Crippen LogP contribution in [0.3, 0.4) is 0 Å². The first kappa shape index (κ1) is 32.0. The monoisotopic (exact) mass is 601 g/mol. The molecule has 0 unspecified atom stereocenters. The number of carbonyl (C=O) groups excluding carboxylic acids is 7. The van der Waals surface area contributed by atoms with Crippen molar-refractivity contribution in [3.05, 3.63) is 41.2 Å². The summed E-state index contributed by atoms with van der Waals surface area (Å²) in [6.07, 6.45) is -3.53. The Morgan fingerprint density at radius 1 is 0.907 bits per heavy atom. The molecule has 1 aliphatic heterocycles. The number of hydrogen-bond donors (Lipinski definition) is 1. The van der Waals surface area contributed by atoms with Gasteiger partial charge in [0.25, 0.3) is 17.7 Å². The summed E-state index contributed by atoms with van der Waals surface area (Å²) >= 11 is 0. The lowest BCUT2D eigenvalue weighted by Gasteiger charge is -2.29. The first-order valence-corrected chi connectivity index (χ1v) is 12.5. The van der Waals surface area contributed by atoms with Crippen molar-refractivity contribution in [2.24, 2.45) is 5.10 Å². The largest absolute Gasteiger partial charge is 0.462 e. The summed E-state index contributed by atoms with van der Waals surface area (Å²) in [5.41, 5.74) is 2.65. The molecule has 3 amide bonds. The second-order valence-electron chi connectivity index (χ2n) is 8.89. The first-order chi connectivity index (χ1) is 20.3. The number of fused-ring (bicyclic) bond motifs is 1. The molecule has 0 spiro atoms. The van der Waals surface area contributed by atoms with Gasteiger partial charge in [-0.2, -0.15) is 9.90 Å². The minimum atomic E-state index is -1.52. The van der Waals surface area contributed by atoms with E-state index >= 15 is 0 Å². The third-order valence-corrected chi connectivity index (χ3v) is 5.43. The van der Waals surface area contributed by atoms with E-state index in [2.05, 4.69) is 25.9 Å². The van der Waals surface area contributed by atoms with Crippen molar-refractivity contribution in [1.82, 2.24) is 30.5 Å². The maximum Gasteiger partial charge on any atom is 0.303 e. The molecule has 2 aromatic rings. The maximum atomic E-state index is 12.5. The number of hydrazone groups is 1. The Morgan fingerprint density at radius 3 is 2.07 bits per heavy atom. The molecule has 2 heterocycles. The fraction of sp³-hybridized carbons (Fsp3) is 0.400. The molecule has 3 rings (SSSR count). The van der Waals surface area contributed by atoms with Crippen LogP contribution in [0.1, 0.15) is 54.2 Å². The zero-order valence-electron chi connectivity index (χ0n) is 23.4. The predicted octanol–water partition coefficient (Wildman–Crippen LogP) is -1.07. The van der Waals surface area contributed by atoms with Gasteiger partial charge >= 0.3 is 23.9 Å². The predicted molar refractivity (Wildman–Crippen MR) is 138 cm³/mol. The third kappa shape index (κ3) is 8.97. The van der Waals surface area contributed by atoms with E-state index in [-0.39, 0.29) is 23.5 Å². The van der Waals surface area contributed by atoms with Gasteiger partial charge in [-0.3, -0.25) is 38.5 Å². The van der Waals surface area contributed by atoms with Crippen molar-refractivity contribution in [2.75, 3.05) is 6.61 Å². The summed E-state index contributed by atoms with van der Waals surface area (Å²) in [5, 5.41) is 15.2. The van der Waals surface area contributed by atoms with Crippen molar-refractivity contribution < 1.29 is 52.5 Å². The second kappa shape index (κ2) is 14.4. The normalized spacial score (nSPS) is 14.5. The van der Waals surface area contributed by atoms with Crippen molar-refractivity contribution >= 4 is 47.8 Å². The average molecular weight is 602 g/mol. The van der Waals surface area contributed by atoms with Crippen LogP contribution in [0.25, 0.3) is 0 Å². The Labute approximate surface area is 243 Å². The molecular weight excluding hydrogens is 574 g/mol. The van der Waals surface area contributed by atoms with Gasteiger partial charge in [0.05, 0.1) is 23.9 Å². The lowest BCUT2D eigenvalue weighted by atomic mass is 10.1. The van der Waals surface area contributed by atoms with E-state index in [1.54, 1.807) is 12.1 Å². The van der Waals surface area contributed by atoms with E-state index < -0.39 is 73.1 Å². The van der Waals surface area contributed by atoms with Crippen molar-refractivity contribution in [2.45, 2.75) is 59.1 Å². The number of benzene rings is 1. The molecule has 3 atom stereocenters. The zero-order valence-corrected chi connectivity index (χ0v) is 23.4. The molecule has 0 saturated heterocycles. The van der Waals surface area contributed by atoms with Gasteiger partial charge in [0, 0.05) is 27.7 Å². The number of nitrogens with zero attached hydrogens (tertiary/aromatic N) is 6. The molecular formula is C25H27N7O11. The number of amides is 3. The Kier molecular flexibility index (Phi) is 10.7. The summed E-state index contributed by atoms with van der Waals surface area (Å²) in [5.74, 6) is -5.04. The van der Waals surface area contributed by atoms with E-state index in [9.17, 15) is 33.6 Å². The highest BCUT2D eigenvalue weighted by Gasteiger charge is 2.38. The number of rotatable bonds is 13. The minimum absolute atomic E-state index is 0.00533. The average Bonchev–Trinajstić information content (AvgIpc) is 3.46. The minimum Gasteiger partial charge on any atom is -0.462 e. The zero-order chi connectivity index (χ0) is 31.7. The number of ether oxygens (including phenoxy) is 4. The molecule has 0 bridgehead atoms. The van der Waals surface area contributed by atoms with Crippen LogP contribution in [0.4, 0.5) is 0 Å². The standard InChI is InChI=1S/C25H27N7O11/c1-13(33)40-12-20(42-15(3)35)23(43-16(4)36)19(41-14(2)34)9-26-28-22(37)11-32-29-21(27-30-32)10-31-24(38)17-7-5-6-8-18(17)25(31)39/h5-9,19-20,23H,10-12H2,1-4H3,(H,28,37)/b26-9+/t19-,20+,23+/m0/s1. The number of nitrogens with one attached hydrogen (secondary N) is 1. The van der Waals surface area contributed by atoms with Gasteiger partial charge in [0.2, 0.25) is 0 Å². The number of tetrazole rings is 1. The summed E-state index contributed by atoms with van der Waals surface area (Å²) in [7, 11) is 0. The number of imide groups is 1. The number of esters is 4. The van der Waals surface area contributed by atoms with Crippen molar-refractivity contribution in [3.8, 4) is 0 Å². The summed E-state index contributed by atoms with van der Waals surface area (Å²) in [6.45, 7) is 2.93. The summed E-state index contributed by atoms with van der Waals surface area (Å²) in [6, 6.07) is 6.33. The van der Waals surface area contributed by atoms with Gasteiger partial charge in [-0.1, -0.05) is 12.1 Å². The molecule has 18 nitrogen and oxygen atoms in total. The fourth-order valence-corrected chi connectivity index (χ4v) is 3.81. The van der Waals surface area contributed by atoms with Gasteiger partial charge in [0.1, 0.15) is 13.2 Å². The highest BCUT2D eigenvalue weighted by atomic mass is 16.6. The SMILES string of the molecule is CC(=O)OC[C@@H](OC(C)=O)[C@H](OC(C)=O)[C@H](/C=N/NC(=O)Cn1nnc(CN2C(=O)c3ccccc3C2=O)n1)OC(C)=O. The fourth-order valence-electron chi connectivity index (χ4n) is 3.81. The van der Waals surface area contributed by atoms with E-state index in [4.69, 9.17) is 18.9 Å². The highest BCUT2D eigenvalue weighted by molar-refractivity contribution is 6.21. The summed E-state index contributed by atoms with van der Waals surface area (Å²) < 4.78 is 20.3. The van der Waals surface area contributed by atoms with Crippen LogP contribution >= 0.6 is 0 Å². The quantitative estimate of drug-likeness (QED) is 0.0948. The molecule has 228 valence electrons. The Balaban J connectivity index is 1.66. The topological polar surface area (TPSA) is 228 Å². The van der Waals surface area contributed by atoms with Crippen LogP contribution in [0.2, 0.25) is 0 Å². The first-order valence-electron chi connectivity index (χ1n) is 12.5. The Bertz CT molecular complexity index is 1420. The Hall–Kier alpha value is -5.55. The van der Waals surface area contributed by atoms with E-state index in [0.29, 0.717) is 0 Å². The van der Waals surface area contributed by atoms with Gasteiger partial charge in [0.15, 0.2) is 24.1 Å². The molecule has 1 aromatic carbocycles. The molecule has 1 N–H and O–H groups in total. The van der Waals surface area contributed by atoms with Crippen LogP contribution in [-0.2, 0) is 56.0 Å². The van der Waals surface area contributed by atoms with Crippen LogP contribution in [0, 0.1) is 0 Å². The molecule has 0 fully saturated rings. The van der Waals surface area contributed by atoms with Crippen LogP contribution in [-0.4, -0.2) is 97.8 Å². The van der Waals surface area contributed by atoms with Gasteiger partial charge < -0.3 is 18.9 Å².